The molecule has 2 aliphatic rings. The fraction of sp³-hybridized carbons (Fsp3) is 0.263. The first-order valence-corrected chi connectivity index (χ1v) is 8.83. The lowest BCUT2D eigenvalue weighted by molar-refractivity contribution is 0.0716. The maximum atomic E-state index is 5.92. The summed E-state index contributed by atoms with van der Waals surface area (Å²) in [5, 5.41) is 13.3. The van der Waals surface area contributed by atoms with E-state index in [9.17, 15) is 0 Å². The quantitative estimate of drug-likeness (QED) is 0.545. The first-order chi connectivity index (χ1) is 13.3. The molecule has 27 heavy (non-hydrogen) atoms. The van der Waals surface area contributed by atoms with Gasteiger partial charge in [-0.3, -0.25) is 0 Å². The third-order valence-corrected chi connectivity index (χ3v) is 4.79. The lowest BCUT2D eigenvalue weighted by Gasteiger charge is -2.23. The van der Waals surface area contributed by atoms with Gasteiger partial charge in [-0.2, -0.15) is 0 Å². The van der Waals surface area contributed by atoms with E-state index in [1.165, 1.54) is 0 Å². The molecule has 8 heteroatoms. The van der Waals surface area contributed by atoms with Crippen molar-refractivity contribution in [1.82, 2.24) is 20.3 Å². The largest absolute Gasteiger partial charge is 0.485 e. The summed E-state index contributed by atoms with van der Waals surface area (Å²) in [4.78, 5) is 4.33. The molecule has 0 unspecified atom stereocenters. The molecule has 134 valence electrons. The number of ether oxygens (including phenoxy) is 2. The average Bonchev–Trinajstić information content (AvgIpc) is 3.28. The monoisotopic (exact) mass is 362 g/mol. The van der Waals surface area contributed by atoms with E-state index in [0.717, 1.165) is 29.5 Å². The van der Waals surface area contributed by atoms with Crippen LogP contribution in [0.15, 0.2) is 45.5 Å². The Bertz CT molecular complexity index is 1150. The predicted octanol–water partition coefficient (Wildman–Crippen LogP) is 3.66. The van der Waals surface area contributed by atoms with Crippen molar-refractivity contribution in [2.45, 2.75) is 24.9 Å². The highest BCUT2D eigenvalue weighted by molar-refractivity contribution is 5.81. The summed E-state index contributed by atoms with van der Waals surface area (Å²) in [6.07, 6.45) is 3.47. The van der Waals surface area contributed by atoms with Gasteiger partial charge in [-0.1, -0.05) is 17.3 Å². The van der Waals surface area contributed by atoms with Gasteiger partial charge in [0.25, 0.3) is 11.6 Å². The number of hydrogen-bond donors (Lipinski definition) is 0. The van der Waals surface area contributed by atoms with Crippen LogP contribution in [0.2, 0.25) is 0 Å². The normalized spacial score (nSPS) is 18.7. The Kier molecular flexibility index (Phi) is 3.02. The third-order valence-electron chi connectivity index (χ3n) is 4.79. The Morgan fingerprint density at radius 2 is 1.93 bits per heavy atom. The number of para-hydroxylation sites is 2. The molecule has 0 spiro atoms. The van der Waals surface area contributed by atoms with Gasteiger partial charge < -0.3 is 18.4 Å². The van der Waals surface area contributed by atoms with Gasteiger partial charge >= 0.3 is 0 Å². The molecule has 1 atom stereocenters. The van der Waals surface area contributed by atoms with Crippen LogP contribution in [-0.4, -0.2) is 26.9 Å². The van der Waals surface area contributed by atoms with Crippen molar-refractivity contribution in [3.63, 3.8) is 0 Å². The molecule has 1 aliphatic heterocycles. The van der Waals surface area contributed by atoms with Crippen molar-refractivity contribution in [3.8, 4) is 23.0 Å². The summed E-state index contributed by atoms with van der Waals surface area (Å²) in [6, 6.07) is 9.44. The van der Waals surface area contributed by atoms with E-state index in [-0.39, 0.29) is 0 Å². The maximum Gasteiger partial charge on any atom is 0.260 e. The average molecular weight is 362 g/mol. The molecule has 0 amide bonds. The second-order valence-corrected chi connectivity index (χ2v) is 6.73. The summed E-state index contributed by atoms with van der Waals surface area (Å²) in [5.74, 6) is 2.59. The van der Waals surface area contributed by atoms with Crippen molar-refractivity contribution in [3.05, 3.63) is 48.1 Å². The van der Waals surface area contributed by atoms with Crippen LogP contribution in [-0.2, 0) is 0 Å². The molecule has 0 bridgehead atoms. The Morgan fingerprint density at radius 3 is 2.81 bits per heavy atom. The molecule has 1 fully saturated rings. The van der Waals surface area contributed by atoms with Crippen LogP contribution in [0.4, 0.5) is 0 Å². The van der Waals surface area contributed by atoms with Crippen LogP contribution in [0, 0.1) is 0 Å². The van der Waals surface area contributed by atoms with Crippen molar-refractivity contribution in [1.29, 1.82) is 0 Å². The molecular weight excluding hydrogens is 348 g/mol. The number of rotatable bonds is 3. The highest BCUT2D eigenvalue weighted by Gasteiger charge is 2.30. The zero-order valence-electron chi connectivity index (χ0n) is 14.2. The lowest BCUT2D eigenvalue weighted by atomic mass is 10.1. The van der Waals surface area contributed by atoms with E-state index < -0.39 is 6.10 Å². The highest BCUT2D eigenvalue weighted by atomic mass is 16.6. The summed E-state index contributed by atoms with van der Waals surface area (Å²) >= 11 is 0. The molecule has 0 N–H and O–H groups in total. The fourth-order valence-corrected chi connectivity index (χ4v) is 3.24. The van der Waals surface area contributed by atoms with Gasteiger partial charge in [0.15, 0.2) is 11.5 Å². The predicted molar refractivity (Wildman–Crippen MR) is 92.4 cm³/mol. The van der Waals surface area contributed by atoms with Gasteiger partial charge in [0.05, 0.1) is 16.6 Å². The Hall–Kier alpha value is -3.42. The van der Waals surface area contributed by atoms with E-state index in [1.807, 2.05) is 30.3 Å². The van der Waals surface area contributed by atoms with Gasteiger partial charge in [0.1, 0.15) is 6.61 Å². The molecule has 4 aromatic rings. The fourth-order valence-electron chi connectivity index (χ4n) is 3.24. The van der Waals surface area contributed by atoms with Crippen molar-refractivity contribution in [2.75, 3.05) is 6.61 Å². The lowest BCUT2D eigenvalue weighted by Crippen LogP contribution is -2.21. The Morgan fingerprint density at radius 1 is 1.04 bits per heavy atom. The van der Waals surface area contributed by atoms with Gasteiger partial charge in [-0.25, -0.2) is 4.98 Å². The van der Waals surface area contributed by atoms with E-state index in [2.05, 4.69) is 20.3 Å². The second kappa shape index (κ2) is 5.54. The Labute approximate surface area is 153 Å². The first kappa shape index (κ1) is 14.7. The summed E-state index contributed by atoms with van der Waals surface area (Å²) in [6.45, 7) is 0.313. The number of nitrogens with zero attached hydrogens (tertiary/aromatic N) is 4. The molecule has 1 saturated carbocycles. The second-order valence-electron chi connectivity index (χ2n) is 6.73. The molecule has 0 saturated heterocycles. The maximum absolute atomic E-state index is 5.92. The minimum Gasteiger partial charge on any atom is -0.485 e. The molecule has 8 nitrogen and oxygen atoms in total. The van der Waals surface area contributed by atoms with Crippen LogP contribution in [0.5, 0.6) is 11.5 Å². The van der Waals surface area contributed by atoms with Crippen molar-refractivity contribution >= 4 is 11.1 Å². The van der Waals surface area contributed by atoms with E-state index >= 15 is 0 Å². The molecule has 0 radical (unpaired) electrons. The number of hydrogen-bond acceptors (Lipinski definition) is 8. The SMILES string of the molecule is c1ccc2c(c1)OC[C@H](c1nnc(-c3cnc4onc(C5CC5)c4c3)o1)O2. The van der Waals surface area contributed by atoms with Crippen LogP contribution in [0.3, 0.4) is 0 Å². The number of pyridine rings is 1. The van der Waals surface area contributed by atoms with E-state index in [0.29, 0.717) is 41.5 Å². The summed E-state index contributed by atoms with van der Waals surface area (Å²) in [7, 11) is 0. The smallest absolute Gasteiger partial charge is 0.260 e. The minimum atomic E-state index is -0.449. The topological polar surface area (TPSA) is 96.3 Å². The molecule has 4 heterocycles. The van der Waals surface area contributed by atoms with Gasteiger partial charge in [0.2, 0.25) is 12.0 Å². The first-order valence-electron chi connectivity index (χ1n) is 8.83. The summed E-state index contributed by atoms with van der Waals surface area (Å²) in [5.41, 5.74) is 2.21. The zero-order valence-corrected chi connectivity index (χ0v) is 14.2. The van der Waals surface area contributed by atoms with Gasteiger partial charge in [0, 0.05) is 12.1 Å². The highest BCUT2D eigenvalue weighted by Crippen LogP contribution is 2.42. The number of aromatic nitrogens is 4. The Balaban J connectivity index is 1.32. The molecule has 6 rings (SSSR count). The van der Waals surface area contributed by atoms with E-state index in [1.54, 1.807) is 6.20 Å². The van der Waals surface area contributed by atoms with Gasteiger partial charge in [-0.05, 0) is 31.0 Å². The number of fused-ring (bicyclic) bond motifs is 2. The van der Waals surface area contributed by atoms with Crippen LogP contribution >= 0.6 is 0 Å². The third kappa shape index (κ3) is 2.44. The van der Waals surface area contributed by atoms with Crippen LogP contribution in [0.25, 0.3) is 22.6 Å². The standard InChI is InChI=1S/C19H14N4O4/c1-2-4-14-13(3-1)24-9-15(25-14)19-22-21-17(26-19)11-7-12-16(10-5-6-10)23-27-18(12)20-8-11/h1-4,7-8,10,15H,5-6,9H2/t15-/m1/s1. The number of benzene rings is 1. The van der Waals surface area contributed by atoms with Crippen molar-refractivity contribution < 1.29 is 18.4 Å². The van der Waals surface area contributed by atoms with Crippen LogP contribution < -0.4 is 9.47 Å². The zero-order chi connectivity index (χ0) is 17.8. The molecule has 3 aromatic heterocycles. The van der Waals surface area contributed by atoms with E-state index in [4.69, 9.17) is 18.4 Å². The van der Waals surface area contributed by atoms with Crippen molar-refractivity contribution in [2.24, 2.45) is 0 Å². The van der Waals surface area contributed by atoms with Gasteiger partial charge in [-0.15, -0.1) is 10.2 Å². The molecule has 1 aliphatic carbocycles. The minimum absolute atomic E-state index is 0.313. The molecule has 1 aromatic carbocycles. The van der Waals surface area contributed by atoms with Crippen LogP contribution in [0.1, 0.15) is 36.4 Å². The molecular formula is C19H14N4O4. The summed E-state index contributed by atoms with van der Waals surface area (Å²) < 4.78 is 22.8.